The van der Waals surface area contributed by atoms with Gasteiger partial charge in [-0.15, -0.1) is 0 Å². The first-order valence-corrected chi connectivity index (χ1v) is 8.49. The van der Waals surface area contributed by atoms with Gasteiger partial charge in [0.15, 0.2) is 0 Å². The molecule has 0 saturated carbocycles. The Morgan fingerprint density at radius 2 is 1.72 bits per heavy atom. The van der Waals surface area contributed by atoms with Crippen molar-refractivity contribution < 1.29 is 19.1 Å². The van der Waals surface area contributed by atoms with E-state index in [1.807, 2.05) is 26.0 Å². The van der Waals surface area contributed by atoms with Gasteiger partial charge in [0.1, 0.15) is 18.0 Å². The average molecular weight is 350 g/mol. The van der Waals surface area contributed by atoms with Crippen LogP contribution < -0.4 is 10.1 Å². The molecule has 0 bridgehead atoms. The van der Waals surface area contributed by atoms with Crippen LogP contribution in [0.15, 0.2) is 18.2 Å². The lowest BCUT2D eigenvalue weighted by molar-refractivity contribution is -0.130. The molecule has 1 rings (SSSR count). The Balaban J connectivity index is 2.26. The van der Waals surface area contributed by atoms with Gasteiger partial charge in [-0.25, -0.2) is 4.79 Å². The number of ether oxygens (including phenoxy) is 2. The lowest BCUT2D eigenvalue weighted by atomic mass is 10.1. The Labute approximate surface area is 150 Å². The number of hydrogen-bond acceptors (Lipinski definition) is 4. The zero-order chi connectivity index (χ0) is 19.0. The molecule has 0 radical (unpaired) electrons. The van der Waals surface area contributed by atoms with Gasteiger partial charge < -0.3 is 19.7 Å². The molecule has 0 saturated heterocycles. The Kier molecular flexibility index (Phi) is 7.74. The molecule has 25 heavy (non-hydrogen) atoms. The molecule has 2 amide bonds. The number of aryl methyl sites for hydroxylation is 2. The second-order valence-electron chi connectivity index (χ2n) is 7.17. The molecule has 0 spiro atoms. The molecule has 0 unspecified atom stereocenters. The van der Waals surface area contributed by atoms with Crippen molar-refractivity contribution in [2.75, 3.05) is 26.7 Å². The molecule has 6 nitrogen and oxygen atoms in total. The van der Waals surface area contributed by atoms with Crippen LogP contribution in [0.4, 0.5) is 4.79 Å². The lowest BCUT2D eigenvalue weighted by Gasteiger charge is -2.20. The minimum Gasteiger partial charge on any atom is -0.492 e. The fourth-order valence-electron chi connectivity index (χ4n) is 2.22. The molecule has 0 heterocycles. The first-order valence-electron chi connectivity index (χ1n) is 8.49. The van der Waals surface area contributed by atoms with Crippen molar-refractivity contribution in [3.8, 4) is 5.75 Å². The summed E-state index contributed by atoms with van der Waals surface area (Å²) >= 11 is 0. The first-order chi connectivity index (χ1) is 11.6. The van der Waals surface area contributed by atoms with Crippen LogP contribution >= 0.6 is 0 Å². The topological polar surface area (TPSA) is 67.9 Å². The zero-order valence-corrected chi connectivity index (χ0v) is 16.1. The normalized spacial score (nSPS) is 11.0. The first kappa shape index (κ1) is 20.8. The number of benzene rings is 1. The predicted molar refractivity (Wildman–Crippen MR) is 97.9 cm³/mol. The number of likely N-dealkylation sites (N-methyl/N-ethyl adjacent to an activating group) is 1. The van der Waals surface area contributed by atoms with E-state index in [9.17, 15) is 9.59 Å². The summed E-state index contributed by atoms with van der Waals surface area (Å²) in [6.07, 6.45) is -0.291. The van der Waals surface area contributed by atoms with Gasteiger partial charge in [0.25, 0.3) is 0 Å². The van der Waals surface area contributed by atoms with Crippen LogP contribution in [-0.4, -0.2) is 49.2 Å². The molecule has 0 aliphatic heterocycles. The molecule has 1 aromatic carbocycles. The maximum absolute atomic E-state index is 12.0. The molecular weight excluding hydrogens is 320 g/mol. The Morgan fingerprint density at radius 3 is 2.28 bits per heavy atom. The highest BCUT2D eigenvalue weighted by atomic mass is 16.6. The number of rotatable bonds is 7. The van der Waals surface area contributed by atoms with Crippen LogP contribution in [0.2, 0.25) is 0 Å². The second kappa shape index (κ2) is 9.30. The number of nitrogens with one attached hydrogen (secondary N) is 1. The van der Waals surface area contributed by atoms with Gasteiger partial charge >= 0.3 is 6.09 Å². The van der Waals surface area contributed by atoms with Gasteiger partial charge in [0.2, 0.25) is 5.91 Å². The molecule has 0 fully saturated rings. The predicted octanol–water partition coefficient (Wildman–Crippen LogP) is 3.06. The van der Waals surface area contributed by atoms with Crippen LogP contribution in [0.1, 0.15) is 38.3 Å². The van der Waals surface area contributed by atoms with Crippen molar-refractivity contribution in [1.29, 1.82) is 0 Å². The van der Waals surface area contributed by atoms with E-state index in [1.54, 1.807) is 32.7 Å². The SMILES string of the molecule is Cc1cc(C)cc(OCCN(C)C(=O)CCNC(=O)OC(C)(C)C)c1. The minimum atomic E-state index is -0.545. The van der Waals surface area contributed by atoms with Crippen LogP contribution in [0.25, 0.3) is 0 Å². The van der Waals surface area contributed by atoms with E-state index >= 15 is 0 Å². The smallest absolute Gasteiger partial charge is 0.407 e. The van der Waals surface area contributed by atoms with E-state index < -0.39 is 11.7 Å². The molecule has 0 aromatic heterocycles. The van der Waals surface area contributed by atoms with E-state index in [-0.39, 0.29) is 18.9 Å². The highest BCUT2D eigenvalue weighted by Crippen LogP contribution is 2.16. The fourth-order valence-corrected chi connectivity index (χ4v) is 2.22. The summed E-state index contributed by atoms with van der Waals surface area (Å²) in [7, 11) is 1.72. The van der Waals surface area contributed by atoms with Gasteiger partial charge in [-0.05, 0) is 57.9 Å². The fraction of sp³-hybridized carbons (Fsp3) is 0.579. The van der Waals surface area contributed by atoms with Gasteiger partial charge in [-0.3, -0.25) is 4.79 Å². The van der Waals surface area contributed by atoms with Crippen molar-refractivity contribution in [1.82, 2.24) is 10.2 Å². The van der Waals surface area contributed by atoms with Crippen LogP contribution in [0, 0.1) is 13.8 Å². The number of carbonyl (C=O) groups is 2. The third-order valence-electron chi connectivity index (χ3n) is 3.32. The van der Waals surface area contributed by atoms with Gasteiger partial charge in [-0.2, -0.15) is 0 Å². The van der Waals surface area contributed by atoms with Crippen LogP contribution in [-0.2, 0) is 9.53 Å². The lowest BCUT2D eigenvalue weighted by Crippen LogP contribution is -2.36. The Bertz CT molecular complexity index is 573. The third kappa shape index (κ3) is 8.98. The molecule has 6 heteroatoms. The molecule has 1 N–H and O–H groups in total. The maximum Gasteiger partial charge on any atom is 0.407 e. The summed E-state index contributed by atoms with van der Waals surface area (Å²) in [5, 5.41) is 2.58. The van der Waals surface area contributed by atoms with E-state index in [4.69, 9.17) is 9.47 Å². The number of amides is 2. The van der Waals surface area contributed by atoms with Crippen molar-refractivity contribution >= 4 is 12.0 Å². The van der Waals surface area contributed by atoms with Crippen LogP contribution in [0.5, 0.6) is 5.75 Å². The molecule has 1 aromatic rings. The number of alkyl carbamates (subject to hydrolysis) is 1. The molecule has 0 atom stereocenters. The second-order valence-corrected chi connectivity index (χ2v) is 7.17. The summed E-state index contributed by atoms with van der Waals surface area (Å²) in [6.45, 7) is 10.6. The van der Waals surface area contributed by atoms with Crippen molar-refractivity contribution in [2.24, 2.45) is 0 Å². The van der Waals surface area contributed by atoms with E-state index in [2.05, 4.69) is 11.4 Å². The van der Waals surface area contributed by atoms with Crippen molar-refractivity contribution in [3.63, 3.8) is 0 Å². The van der Waals surface area contributed by atoms with Gasteiger partial charge in [-0.1, -0.05) is 6.07 Å². The monoisotopic (exact) mass is 350 g/mol. The average Bonchev–Trinajstić information content (AvgIpc) is 2.43. The molecule has 0 aliphatic rings. The van der Waals surface area contributed by atoms with E-state index in [0.717, 1.165) is 16.9 Å². The maximum atomic E-state index is 12.0. The zero-order valence-electron chi connectivity index (χ0n) is 16.1. The Morgan fingerprint density at radius 1 is 1.12 bits per heavy atom. The highest BCUT2D eigenvalue weighted by molar-refractivity contribution is 5.77. The van der Waals surface area contributed by atoms with Crippen molar-refractivity contribution in [2.45, 2.75) is 46.6 Å². The van der Waals surface area contributed by atoms with E-state index in [1.165, 1.54) is 0 Å². The summed E-state index contributed by atoms with van der Waals surface area (Å²) in [6, 6.07) is 6.03. The molecule has 140 valence electrons. The van der Waals surface area contributed by atoms with Gasteiger partial charge in [0.05, 0.1) is 6.54 Å². The molecular formula is C19H30N2O4. The summed E-state index contributed by atoms with van der Waals surface area (Å²) < 4.78 is 10.8. The summed E-state index contributed by atoms with van der Waals surface area (Å²) in [4.78, 5) is 25.2. The van der Waals surface area contributed by atoms with Crippen molar-refractivity contribution in [3.05, 3.63) is 29.3 Å². The largest absolute Gasteiger partial charge is 0.492 e. The van der Waals surface area contributed by atoms with Gasteiger partial charge in [0, 0.05) is 20.0 Å². The number of hydrogen-bond donors (Lipinski definition) is 1. The Hall–Kier alpha value is -2.24. The quantitative estimate of drug-likeness (QED) is 0.821. The summed E-state index contributed by atoms with van der Waals surface area (Å²) in [5.74, 6) is 0.755. The number of nitrogens with zero attached hydrogens (tertiary/aromatic N) is 1. The molecule has 0 aliphatic carbocycles. The van der Waals surface area contributed by atoms with Crippen LogP contribution in [0.3, 0.4) is 0 Å². The third-order valence-corrected chi connectivity index (χ3v) is 3.32. The summed E-state index contributed by atoms with van der Waals surface area (Å²) in [5.41, 5.74) is 1.75. The standard InChI is InChI=1S/C19H30N2O4/c1-14-11-15(2)13-16(12-14)24-10-9-21(6)17(22)7-8-20-18(23)25-19(3,4)5/h11-13H,7-10H2,1-6H3,(H,20,23). The minimum absolute atomic E-state index is 0.0555. The highest BCUT2D eigenvalue weighted by Gasteiger charge is 2.16. The van der Waals surface area contributed by atoms with E-state index in [0.29, 0.717) is 13.2 Å². The number of carbonyl (C=O) groups excluding carboxylic acids is 2.